The normalized spacial score (nSPS) is 13.9. The molecule has 0 heterocycles. The van der Waals surface area contributed by atoms with Gasteiger partial charge in [0, 0.05) is 12.1 Å². The summed E-state index contributed by atoms with van der Waals surface area (Å²) in [5.41, 5.74) is 6.35. The first kappa shape index (κ1) is 14.6. The van der Waals surface area contributed by atoms with Crippen LogP contribution in [0.5, 0.6) is 17.2 Å². The van der Waals surface area contributed by atoms with Crippen LogP contribution in [0.3, 0.4) is 0 Å². The fraction of sp³-hybridized carbons (Fsp3) is 0.538. The Morgan fingerprint density at radius 2 is 1.61 bits per heavy atom. The van der Waals surface area contributed by atoms with E-state index in [2.05, 4.69) is 0 Å². The average Bonchev–Trinajstić information content (AvgIpc) is 2.36. The maximum absolute atomic E-state index is 9.05. The molecule has 1 rings (SSSR count). The van der Waals surface area contributed by atoms with Gasteiger partial charge in [-0.05, 0) is 31.0 Å². The Labute approximate surface area is 107 Å². The third-order valence-corrected chi connectivity index (χ3v) is 2.96. The molecular weight excluding hydrogens is 234 g/mol. The highest BCUT2D eigenvalue weighted by atomic mass is 16.5. The Hall–Kier alpha value is -1.46. The summed E-state index contributed by atoms with van der Waals surface area (Å²) in [7, 11) is 4.66. The first-order chi connectivity index (χ1) is 8.50. The number of rotatable bonds is 6. The summed E-state index contributed by atoms with van der Waals surface area (Å²) in [5, 5.41) is 9.05. The molecule has 102 valence electrons. The van der Waals surface area contributed by atoms with Crippen molar-refractivity contribution >= 4 is 0 Å². The van der Waals surface area contributed by atoms with Crippen molar-refractivity contribution in [3.63, 3.8) is 0 Å². The fourth-order valence-corrected chi connectivity index (χ4v) is 1.79. The third kappa shape index (κ3) is 2.86. The lowest BCUT2D eigenvalue weighted by molar-refractivity contribution is 0.246. The van der Waals surface area contributed by atoms with E-state index in [4.69, 9.17) is 25.1 Å². The van der Waals surface area contributed by atoms with Gasteiger partial charge >= 0.3 is 0 Å². The van der Waals surface area contributed by atoms with E-state index < -0.39 is 5.54 Å². The number of aliphatic hydroxyl groups excluding tert-OH is 1. The molecule has 0 fully saturated rings. The minimum Gasteiger partial charge on any atom is -0.493 e. The molecule has 1 aromatic carbocycles. The van der Waals surface area contributed by atoms with E-state index >= 15 is 0 Å². The molecule has 5 nitrogen and oxygen atoms in total. The van der Waals surface area contributed by atoms with Crippen LogP contribution in [0.4, 0.5) is 0 Å². The topological polar surface area (TPSA) is 73.9 Å². The Balaban J connectivity index is 3.31. The minimum atomic E-state index is -0.651. The number of nitrogens with two attached hydrogens (primary N) is 1. The maximum atomic E-state index is 9.05. The van der Waals surface area contributed by atoms with Crippen LogP contribution in [0.25, 0.3) is 0 Å². The molecule has 0 saturated heterocycles. The number of methoxy groups -OCH3 is 3. The van der Waals surface area contributed by atoms with E-state index in [0.717, 1.165) is 5.56 Å². The van der Waals surface area contributed by atoms with Gasteiger partial charge in [0.15, 0.2) is 11.5 Å². The Morgan fingerprint density at radius 1 is 1.11 bits per heavy atom. The lowest BCUT2D eigenvalue weighted by Gasteiger charge is -2.26. The highest BCUT2D eigenvalue weighted by Crippen LogP contribution is 2.40. The number of aliphatic hydroxyl groups is 1. The molecule has 1 atom stereocenters. The molecule has 0 saturated carbocycles. The lowest BCUT2D eigenvalue weighted by atomic mass is 9.89. The first-order valence-corrected chi connectivity index (χ1v) is 5.70. The zero-order valence-corrected chi connectivity index (χ0v) is 11.3. The quantitative estimate of drug-likeness (QED) is 0.800. The van der Waals surface area contributed by atoms with Crippen molar-refractivity contribution < 1.29 is 19.3 Å². The SMILES string of the molecule is COc1cc(C(C)(N)CCO)cc(OC)c1OC. The predicted molar refractivity (Wildman–Crippen MR) is 69.3 cm³/mol. The van der Waals surface area contributed by atoms with Crippen molar-refractivity contribution in [1.29, 1.82) is 0 Å². The molecule has 0 aliphatic heterocycles. The van der Waals surface area contributed by atoms with E-state index in [1.54, 1.807) is 33.5 Å². The summed E-state index contributed by atoms with van der Waals surface area (Å²) in [6, 6.07) is 3.61. The lowest BCUT2D eigenvalue weighted by Crippen LogP contribution is -2.34. The van der Waals surface area contributed by atoms with E-state index in [1.165, 1.54) is 0 Å². The van der Waals surface area contributed by atoms with E-state index in [-0.39, 0.29) is 6.61 Å². The molecule has 3 N–H and O–H groups in total. The van der Waals surface area contributed by atoms with Crippen molar-refractivity contribution in [3.8, 4) is 17.2 Å². The van der Waals surface area contributed by atoms with Crippen LogP contribution >= 0.6 is 0 Å². The van der Waals surface area contributed by atoms with Crippen LogP contribution in [0.2, 0.25) is 0 Å². The molecule has 0 spiro atoms. The number of benzene rings is 1. The van der Waals surface area contributed by atoms with Crippen molar-refractivity contribution in [2.75, 3.05) is 27.9 Å². The summed E-state index contributed by atoms with van der Waals surface area (Å²) < 4.78 is 15.8. The predicted octanol–water partition coefficient (Wildman–Crippen LogP) is 1.27. The van der Waals surface area contributed by atoms with Crippen LogP contribution in [0, 0.1) is 0 Å². The summed E-state index contributed by atoms with van der Waals surface area (Å²) in [5.74, 6) is 1.64. The van der Waals surface area contributed by atoms with Crippen LogP contribution < -0.4 is 19.9 Å². The number of ether oxygens (including phenoxy) is 3. The van der Waals surface area contributed by atoms with Gasteiger partial charge in [-0.25, -0.2) is 0 Å². The van der Waals surface area contributed by atoms with E-state index in [1.807, 2.05) is 6.92 Å². The van der Waals surface area contributed by atoms with Gasteiger partial charge in [-0.1, -0.05) is 0 Å². The van der Waals surface area contributed by atoms with Gasteiger partial charge in [0.1, 0.15) is 0 Å². The van der Waals surface area contributed by atoms with E-state index in [9.17, 15) is 0 Å². The average molecular weight is 255 g/mol. The van der Waals surface area contributed by atoms with Gasteiger partial charge in [-0.2, -0.15) is 0 Å². The summed E-state index contributed by atoms with van der Waals surface area (Å²) >= 11 is 0. The number of hydrogen-bond acceptors (Lipinski definition) is 5. The van der Waals surface area contributed by atoms with Gasteiger partial charge < -0.3 is 25.1 Å². The maximum Gasteiger partial charge on any atom is 0.203 e. The molecule has 0 aliphatic carbocycles. The molecule has 0 aliphatic rings. The van der Waals surface area contributed by atoms with Crippen LogP contribution in [-0.4, -0.2) is 33.0 Å². The molecule has 1 aromatic rings. The zero-order valence-electron chi connectivity index (χ0n) is 11.3. The molecule has 5 heteroatoms. The van der Waals surface area contributed by atoms with Crippen molar-refractivity contribution in [2.24, 2.45) is 5.73 Å². The Morgan fingerprint density at radius 3 is 1.94 bits per heavy atom. The van der Waals surface area contributed by atoms with Gasteiger partial charge in [-0.3, -0.25) is 0 Å². The molecule has 0 radical (unpaired) electrons. The standard InChI is InChI=1S/C13H21NO4/c1-13(14,5-6-15)9-7-10(16-2)12(18-4)11(8-9)17-3/h7-8,15H,5-6,14H2,1-4H3. The van der Waals surface area contributed by atoms with Crippen LogP contribution in [0.1, 0.15) is 18.9 Å². The second kappa shape index (κ2) is 5.93. The molecule has 0 amide bonds. The highest BCUT2D eigenvalue weighted by Gasteiger charge is 2.24. The van der Waals surface area contributed by atoms with Gasteiger partial charge in [-0.15, -0.1) is 0 Å². The Bertz CT molecular complexity index is 379. The third-order valence-electron chi connectivity index (χ3n) is 2.96. The van der Waals surface area contributed by atoms with Crippen molar-refractivity contribution in [2.45, 2.75) is 18.9 Å². The summed E-state index contributed by atoms with van der Waals surface area (Å²) in [4.78, 5) is 0. The molecule has 1 unspecified atom stereocenters. The molecular formula is C13H21NO4. The molecule has 0 bridgehead atoms. The minimum absolute atomic E-state index is 0.0175. The van der Waals surface area contributed by atoms with Gasteiger partial charge in [0.25, 0.3) is 0 Å². The van der Waals surface area contributed by atoms with Gasteiger partial charge in [0.2, 0.25) is 5.75 Å². The summed E-state index contributed by atoms with van der Waals surface area (Å²) in [6.45, 7) is 1.87. The van der Waals surface area contributed by atoms with Crippen molar-refractivity contribution in [3.05, 3.63) is 17.7 Å². The smallest absolute Gasteiger partial charge is 0.203 e. The zero-order chi connectivity index (χ0) is 13.8. The largest absolute Gasteiger partial charge is 0.493 e. The highest BCUT2D eigenvalue weighted by molar-refractivity contribution is 5.55. The monoisotopic (exact) mass is 255 g/mol. The van der Waals surface area contributed by atoms with Crippen molar-refractivity contribution in [1.82, 2.24) is 0 Å². The second-order valence-corrected chi connectivity index (χ2v) is 4.31. The molecule has 0 aromatic heterocycles. The summed E-state index contributed by atoms with van der Waals surface area (Å²) in [6.07, 6.45) is 0.450. The number of hydrogen-bond donors (Lipinski definition) is 2. The second-order valence-electron chi connectivity index (χ2n) is 4.31. The molecule has 18 heavy (non-hydrogen) atoms. The van der Waals surface area contributed by atoms with E-state index in [0.29, 0.717) is 23.7 Å². The first-order valence-electron chi connectivity index (χ1n) is 5.70. The Kier molecular flexibility index (Phi) is 4.81. The van der Waals surface area contributed by atoms with Gasteiger partial charge in [0.05, 0.1) is 21.3 Å². The fourth-order valence-electron chi connectivity index (χ4n) is 1.79. The van der Waals surface area contributed by atoms with Crippen LogP contribution in [0.15, 0.2) is 12.1 Å². The van der Waals surface area contributed by atoms with Crippen LogP contribution in [-0.2, 0) is 5.54 Å².